The molecule has 1 aromatic heterocycles. The van der Waals surface area contributed by atoms with Crippen molar-refractivity contribution in [2.75, 3.05) is 0 Å². The van der Waals surface area contributed by atoms with Crippen molar-refractivity contribution < 1.29 is 0 Å². The van der Waals surface area contributed by atoms with Gasteiger partial charge in [0, 0.05) is 6.04 Å². The highest BCUT2D eigenvalue weighted by Crippen LogP contribution is 2.40. The van der Waals surface area contributed by atoms with Gasteiger partial charge in [-0.3, -0.25) is 0 Å². The normalized spacial score (nSPS) is 25.1. The average molecular weight is 297 g/mol. The van der Waals surface area contributed by atoms with Crippen molar-refractivity contribution in [2.45, 2.75) is 44.5 Å². The van der Waals surface area contributed by atoms with Crippen LogP contribution >= 0.6 is 23.2 Å². The fraction of sp³-hybridized carbons (Fsp3) is 0.533. The molecule has 0 saturated heterocycles. The van der Waals surface area contributed by atoms with Crippen LogP contribution in [0.25, 0.3) is 11.0 Å². The topological polar surface area (TPSA) is 17.8 Å². The lowest BCUT2D eigenvalue weighted by Gasteiger charge is -2.18. The summed E-state index contributed by atoms with van der Waals surface area (Å²) in [5, 5.41) is 0.674. The van der Waals surface area contributed by atoms with E-state index < -0.39 is 0 Å². The third-order valence-corrected chi connectivity index (χ3v) is 4.58. The predicted octanol–water partition coefficient (Wildman–Crippen LogP) is 5.35. The van der Waals surface area contributed by atoms with Crippen LogP contribution in [-0.4, -0.2) is 9.55 Å². The number of hydrogen-bond acceptors (Lipinski definition) is 1. The molecule has 0 radical (unpaired) electrons. The molecule has 2 aromatic rings. The molecule has 0 bridgehead atoms. The Labute approximate surface area is 123 Å². The standard InChI is InChI=1S/C15H18Cl2N2/c1-9-6-7-11(8-9)19-14-12(17)4-3-5-13(14)18-15(19)10(2)16/h3-5,9-11H,6-8H2,1-2H3. The van der Waals surface area contributed by atoms with Crippen LogP contribution in [0, 0.1) is 5.92 Å². The van der Waals surface area contributed by atoms with Crippen molar-refractivity contribution in [3.8, 4) is 0 Å². The summed E-state index contributed by atoms with van der Waals surface area (Å²) < 4.78 is 2.29. The Balaban J connectivity index is 2.21. The third kappa shape index (κ3) is 2.25. The minimum absolute atomic E-state index is 0.0978. The Hall–Kier alpha value is -0.730. The molecular formula is C15H18Cl2N2. The summed E-state index contributed by atoms with van der Waals surface area (Å²) in [6.07, 6.45) is 3.65. The average Bonchev–Trinajstić information content (AvgIpc) is 2.93. The van der Waals surface area contributed by atoms with Crippen molar-refractivity contribution in [1.82, 2.24) is 9.55 Å². The van der Waals surface area contributed by atoms with Crippen LogP contribution in [-0.2, 0) is 0 Å². The molecule has 1 fully saturated rings. The molecule has 1 aliphatic carbocycles. The van der Waals surface area contributed by atoms with E-state index in [-0.39, 0.29) is 5.38 Å². The van der Waals surface area contributed by atoms with Gasteiger partial charge in [0.2, 0.25) is 0 Å². The molecule has 3 rings (SSSR count). The summed E-state index contributed by atoms with van der Waals surface area (Å²) >= 11 is 12.7. The van der Waals surface area contributed by atoms with E-state index in [0.29, 0.717) is 6.04 Å². The molecule has 2 nitrogen and oxygen atoms in total. The van der Waals surface area contributed by atoms with E-state index in [2.05, 4.69) is 16.5 Å². The molecule has 4 heteroatoms. The minimum Gasteiger partial charge on any atom is -0.322 e. The Morgan fingerprint density at radius 3 is 2.79 bits per heavy atom. The number of rotatable bonds is 2. The molecule has 1 heterocycles. The number of aromatic nitrogens is 2. The van der Waals surface area contributed by atoms with Gasteiger partial charge in [0.05, 0.1) is 21.4 Å². The SMILES string of the molecule is CC1CCC(n2c(C(C)Cl)nc3cccc(Cl)c32)C1. The molecule has 3 atom stereocenters. The summed E-state index contributed by atoms with van der Waals surface area (Å²) in [6.45, 7) is 4.29. The van der Waals surface area contributed by atoms with Gasteiger partial charge >= 0.3 is 0 Å². The van der Waals surface area contributed by atoms with E-state index in [0.717, 1.165) is 27.8 Å². The van der Waals surface area contributed by atoms with Crippen LogP contribution in [0.4, 0.5) is 0 Å². The fourth-order valence-electron chi connectivity index (χ4n) is 3.19. The Morgan fingerprint density at radius 2 is 2.16 bits per heavy atom. The molecule has 0 amide bonds. The van der Waals surface area contributed by atoms with Gasteiger partial charge in [-0.05, 0) is 44.2 Å². The Kier molecular flexibility index (Phi) is 3.48. The molecule has 0 N–H and O–H groups in total. The zero-order chi connectivity index (χ0) is 13.6. The molecule has 3 unspecified atom stereocenters. The summed E-state index contributed by atoms with van der Waals surface area (Å²) in [6, 6.07) is 6.38. The van der Waals surface area contributed by atoms with Crippen molar-refractivity contribution in [2.24, 2.45) is 5.92 Å². The highest BCUT2D eigenvalue weighted by molar-refractivity contribution is 6.35. The number of imidazole rings is 1. The maximum absolute atomic E-state index is 6.39. The highest BCUT2D eigenvalue weighted by atomic mass is 35.5. The predicted molar refractivity (Wildman–Crippen MR) is 81.1 cm³/mol. The van der Waals surface area contributed by atoms with Crippen molar-refractivity contribution in [3.63, 3.8) is 0 Å². The van der Waals surface area contributed by atoms with E-state index >= 15 is 0 Å². The van der Waals surface area contributed by atoms with Crippen LogP contribution in [0.1, 0.15) is 50.4 Å². The van der Waals surface area contributed by atoms with E-state index in [1.807, 2.05) is 25.1 Å². The van der Waals surface area contributed by atoms with Crippen LogP contribution in [0.5, 0.6) is 0 Å². The smallest absolute Gasteiger partial charge is 0.128 e. The van der Waals surface area contributed by atoms with Gasteiger partial charge in [0.15, 0.2) is 0 Å². The number of benzene rings is 1. The molecule has 1 aromatic carbocycles. The van der Waals surface area contributed by atoms with Gasteiger partial charge in [-0.1, -0.05) is 24.6 Å². The molecule has 0 spiro atoms. The van der Waals surface area contributed by atoms with Gasteiger partial charge in [0.1, 0.15) is 5.82 Å². The minimum atomic E-state index is -0.0978. The summed E-state index contributed by atoms with van der Waals surface area (Å²) in [7, 11) is 0. The molecular weight excluding hydrogens is 279 g/mol. The first kappa shape index (κ1) is 13.3. The molecule has 1 aliphatic rings. The number of nitrogens with zero attached hydrogens (tertiary/aromatic N) is 2. The van der Waals surface area contributed by atoms with Crippen LogP contribution < -0.4 is 0 Å². The number of para-hydroxylation sites is 1. The molecule has 102 valence electrons. The largest absolute Gasteiger partial charge is 0.322 e. The second kappa shape index (κ2) is 4.99. The third-order valence-electron chi connectivity index (χ3n) is 4.08. The van der Waals surface area contributed by atoms with E-state index in [4.69, 9.17) is 23.2 Å². The van der Waals surface area contributed by atoms with Crippen LogP contribution in [0.15, 0.2) is 18.2 Å². The number of halogens is 2. The maximum atomic E-state index is 6.39. The van der Waals surface area contributed by atoms with Gasteiger partial charge in [-0.25, -0.2) is 4.98 Å². The number of alkyl halides is 1. The zero-order valence-electron chi connectivity index (χ0n) is 11.2. The zero-order valence-corrected chi connectivity index (χ0v) is 12.7. The van der Waals surface area contributed by atoms with Gasteiger partial charge < -0.3 is 4.57 Å². The molecule has 0 aliphatic heterocycles. The van der Waals surface area contributed by atoms with Crippen LogP contribution in [0.2, 0.25) is 5.02 Å². The van der Waals surface area contributed by atoms with Crippen LogP contribution in [0.3, 0.4) is 0 Å². The van der Waals surface area contributed by atoms with Gasteiger partial charge in [-0.2, -0.15) is 0 Å². The lowest BCUT2D eigenvalue weighted by molar-refractivity contribution is 0.488. The quantitative estimate of drug-likeness (QED) is 0.683. The van der Waals surface area contributed by atoms with Crippen molar-refractivity contribution in [3.05, 3.63) is 29.0 Å². The van der Waals surface area contributed by atoms with E-state index in [1.165, 1.54) is 19.3 Å². The van der Waals surface area contributed by atoms with Crippen molar-refractivity contribution >= 4 is 34.2 Å². The fourth-order valence-corrected chi connectivity index (χ4v) is 3.60. The maximum Gasteiger partial charge on any atom is 0.128 e. The van der Waals surface area contributed by atoms with E-state index in [1.54, 1.807) is 0 Å². The highest BCUT2D eigenvalue weighted by Gasteiger charge is 2.28. The lowest BCUT2D eigenvalue weighted by atomic mass is 10.1. The number of fused-ring (bicyclic) bond motifs is 1. The first-order valence-corrected chi connectivity index (χ1v) is 7.69. The van der Waals surface area contributed by atoms with Gasteiger partial charge in [0.25, 0.3) is 0 Å². The molecule has 1 saturated carbocycles. The van der Waals surface area contributed by atoms with Crippen molar-refractivity contribution in [1.29, 1.82) is 0 Å². The lowest BCUT2D eigenvalue weighted by Crippen LogP contribution is -2.10. The number of hydrogen-bond donors (Lipinski definition) is 0. The summed E-state index contributed by atoms with van der Waals surface area (Å²) in [5.74, 6) is 1.72. The second-order valence-corrected chi connectivity index (χ2v) is 6.70. The summed E-state index contributed by atoms with van der Waals surface area (Å²) in [5.41, 5.74) is 2.00. The van der Waals surface area contributed by atoms with E-state index in [9.17, 15) is 0 Å². The Bertz CT molecular complexity index is 603. The first-order valence-electron chi connectivity index (χ1n) is 6.88. The van der Waals surface area contributed by atoms with Gasteiger partial charge in [-0.15, -0.1) is 11.6 Å². The monoisotopic (exact) mass is 296 g/mol. The Morgan fingerprint density at radius 1 is 1.37 bits per heavy atom. The molecule has 19 heavy (non-hydrogen) atoms. The second-order valence-electron chi connectivity index (χ2n) is 5.64. The summed E-state index contributed by atoms with van der Waals surface area (Å²) in [4.78, 5) is 4.69. The first-order chi connectivity index (χ1) is 9.08.